The molecule has 4 N–H and O–H groups in total. The molecule has 2 atom stereocenters. The van der Waals surface area contributed by atoms with Crippen molar-refractivity contribution >= 4 is 11.1 Å². The molecular formula is C36H42O4. The highest BCUT2D eigenvalue weighted by Gasteiger charge is 2.22. The molecule has 0 spiro atoms. The molecule has 0 aliphatic carbocycles. The number of hydrogen-bond acceptors (Lipinski definition) is 4. The van der Waals surface area contributed by atoms with Crippen LogP contribution in [0.4, 0.5) is 0 Å². The van der Waals surface area contributed by atoms with Crippen molar-refractivity contribution in [2.24, 2.45) is 0 Å². The number of hydrogen-bond donors (Lipinski definition) is 4. The molecule has 0 heterocycles. The van der Waals surface area contributed by atoms with Gasteiger partial charge in [-0.25, -0.2) is 0 Å². The highest BCUT2D eigenvalue weighted by molar-refractivity contribution is 5.90. The predicted octanol–water partition coefficient (Wildman–Crippen LogP) is 9.61. The van der Waals surface area contributed by atoms with Crippen LogP contribution in [-0.4, -0.2) is 20.4 Å². The van der Waals surface area contributed by atoms with E-state index >= 15 is 0 Å². The summed E-state index contributed by atoms with van der Waals surface area (Å²) in [7, 11) is 0. The SMILES string of the molecule is CCC(=C(CC)c1ccc(O)cc1)c1ccc(O)cc1.CCC(c1ccc(O)cc1)C(CC)c1ccc(O)cc1. The third-order valence-electron chi connectivity index (χ3n) is 7.51. The van der Waals surface area contributed by atoms with E-state index in [1.54, 1.807) is 48.5 Å². The van der Waals surface area contributed by atoms with Crippen molar-refractivity contribution in [3.05, 3.63) is 119 Å². The van der Waals surface area contributed by atoms with Crippen LogP contribution in [-0.2, 0) is 0 Å². The monoisotopic (exact) mass is 538 g/mol. The number of allylic oxidation sites excluding steroid dienone is 2. The molecule has 4 rings (SSSR count). The van der Waals surface area contributed by atoms with Gasteiger partial charge in [-0.2, -0.15) is 0 Å². The van der Waals surface area contributed by atoms with E-state index in [4.69, 9.17) is 0 Å². The summed E-state index contributed by atoms with van der Waals surface area (Å²) in [6.45, 7) is 8.66. The zero-order valence-corrected chi connectivity index (χ0v) is 24.0. The second-order valence-corrected chi connectivity index (χ2v) is 9.97. The molecule has 0 saturated heterocycles. The van der Waals surface area contributed by atoms with Crippen molar-refractivity contribution in [2.45, 2.75) is 65.2 Å². The van der Waals surface area contributed by atoms with Crippen LogP contribution in [0.2, 0.25) is 0 Å². The molecule has 0 aliphatic heterocycles. The molecule has 0 amide bonds. The number of phenolic OH excluding ortho intramolecular Hbond substituents is 4. The molecule has 4 heteroatoms. The first-order valence-corrected chi connectivity index (χ1v) is 14.2. The largest absolute Gasteiger partial charge is 0.508 e. The summed E-state index contributed by atoms with van der Waals surface area (Å²) < 4.78 is 0. The summed E-state index contributed by atoms with van der Waals surface area (Å²) in [4.78, 5) is 0. The Kier molecular flexibility index (Phi) is 11.3. The fourth-order valence-electron chi connectivity index (χ4n) is 5.46. The van der Waals surface area contributed by atoms with E-state index in [0.29, 0.717) is 23.3 Å². The van der Waals surface area contributed by atoms with Crippen LogP contribution in [0, 0.1) is 0 Å². The van der Waals surface area contributed by atoms with Gasteiger partial charge >= 0.3 is 0 Å². The lowest BCUT2D eigenvalue weighted by molar-refractivity contribution is 0.470. The van der Waals surface area contributed by atoms with Gasteiger partial charge in [-0.05, 0) is 119 Å². The lowest BCUT2D eigenvalue weighted by Gasteiger charge is -2.26. The fraction of sp³-hybridized carbons (Fsp3) is 0.278. The zero-order valence-electron chi connectivity index (χ0n) is 24.0. The Morgan fingerprint density at radius 2 is 0.675 bits per heavy atom. The van der Waals surface area contributed by atoms with E-state index in [1.807, 2.05) is 48.5 Å². The standard InChI is InChI=1S/C18H22O2.C18H20O2/c2*1-3-17(13-5-9-15(19)10-6-13)18(4-2)14-7-11-16(20)12-8-14/h5-12,17-20H,3-4H2,1-2H3;5-12,19-20H,3-4H2,1-2H3. The molecule has 210 valence electrons. The van der Waals surface area contributed by atoms with Gasteiger partial charge in [-0.3, -0.25) is 0 Å². The smallest absolute Gasteiger partial charge is 0.115 e. The molecule has 0 aliphatic rings. The summed E-state index contributed by atoms with van der Waals surface area (Å²) in [5.74, 6) is 2.02. The molecule has 0 fully saturated rings. The summed E-state index contributed by atoms with van der Waals surface area (Å²) in [6, 6.07) is 29.7. The Bertz CT molecular complexity index is 1230. The van der Waals surface area contributed by atoms with Gasteiger partial charge in [0.25, 0.3) is 0 Å². The van der Waals surface area contributed by atoms with E-state index < -0.39 is 0 Å². The molecule has 0 radical (unpaired) electrons. The summed E-state index contributed by atoms with van der Waals surface area (Å²) in [5, 5.41) is 37.7. The van der Waals surface area contributed by atoms with Gasteiger partial charge < -0.3 is 20.4 Å². The number of rotatable bonds is 9. The molecule has 0 aromatic heterocycles. The second-order valence-electron chi connectivity index (χ2n) is 9.97. The van der Waals surface area contributed by atoms with E-state index in [0.717, 1.165) is 36.8 Å². The van der Waals surface area contributed by atoms with Crippen LogP contribution in [0.3, 0.4) is 0 Å². The molecule has 4 aromatic rings. The second kappa shape index (κ2) is 14.8. The van der Waals surface area contributed by atoms with Gasteiger partial charge in [-0.15, -0.1) is 0 Å². The maximum atomic E-state index is 9.43. The van der Waals surface area contributed by atoms with E-state index in [2.05, 4.69) is 27.7 Å². The minimum absolute atomic E-state index is 0.284. The van der Waals surface area contributed by atoms with Gasteiger partial charge in [0.2, 0.25) is 0 Å². The average molecular weight is 539 g/mol. The van der Waals surface area contributed by atoms with E-state index in [-0.39, 0.29) is 11.5 Å². The van der Waals surface area contributed by atoms with Gasteiger partial charge in [0.15, 0.2) is 0 Å². The van der Waals surface area contributed by atoms with Crippen molar-refractivity contribution in [2.75, 3.05) is 0 Å². The van der Waals surface area contributed by atoms with Gasteiger partial charge in [0, 0.05) is 0 Å². The summed E-state index contributed by atoms with van der Waals surface area (Å²) >= 11 is 0. The van der Waals surface area contributed by atoms with E-state index in [9.17, 15) is 20.4 Å². The predicted molar refractivity (Wildman–Crippen MR) is 166 cm³/mol. The quantitative estimate of drug-likeness (QED) is 0.160. The molecule has 40 heavy (non-hydrogen) atoms. The van der Waals surface area contributed by atoms with Crippen molar-refractivity contribution in [1.29, 1.82) is 0 Å². The first-order valence-electron chi connectivity index (χ1n) is 14.2. The third-order valence-corrected chi connectivity index (χ3v) is 7.51. The topological polar surface area (TPSA) is 80.9 Å². The molecular weight excluding hydrogens is 496 g/mol. The maximum absolute atomic E-state index is 9.43. The van der Waals surface area contributed by atoms with Crippen LogP contribution in [0.1, 0.15) is 87.5 Å². The van der Waals surface area contributed by atoms with Gasteiger partial charge in [0.1, 0.15) is 23.0 Å². The third kappa shape index (κ3) is 7.92. The van der Waals surface area contributed by atoms with Crippen molar-refractivity contribution in [3.63, 3.8) is 0 Å². The Morgan fingerprint density at radius 1 is 0.425 bits per heavy atom. The van der Waals surface area contributed by atoms with Gasteiger partial charge in [0.05, 0.1) is 0 Å². The first-order chi connectivity index (χ1) is 19.3. The summed E-state index contributed by atoms with van der Waals surface area (Å²) in [6.07, 6.45) is 3.94. The number of phenols is 4. The van der Waals surface area contributed by atoms with Gasteiger partial charge in [-0.1, -0.05) is 76.2 Å². The van der Waals surface area contributed by atoms with Crippen LogP contribution in [0.5, 0.6) is 23.0 Å². The van der Waals surface area contributed by atoms with Crippen molar-refractivity contribution < 1.29 is 20.4 Å². The zero-order chi connectivity index (χ0) is 29.1. The minimum Gasteiger partial charge on any atom is -0.508 e. The van der Waals surface area contributed by atoms with Crippen LogP contribution >= 0.6 is 0 Å². The van der Waals surface area contributed by atoms with Crippen LogP contribution < -0.4 is 0 Å². The first kappa shape index (κ1) is 30.4. The Morgan fingerprint density at radius 3 is 0.900 bits per heavy atom. The number of aromatic hydroxyl groups is 4. The molecule has 4 aromatic carbocycles. The lowest BCUT2D eigenvalue weighted by atomic mass is 9.78. The molecule has 0 bridgehead atoms. The normalized spacial score (nSPS) is 13.0. The Labute approximate surface area is 238 Å². The van der Waals surface area contributed by atoms with Crippen molar-refractivity contribution in [1.82, 2.24) is 0 Å². The highest BCUT2D eigenvalue weighted by Crippen LogP contribution is 2.39. The fourth-order valence-corrected chi connectivity index (χ4v) is 5.46. The molecule has 4 nitrogen and oxygen atoms in total. The Balaban J connectivity index is 0.000000220. The maximum Gasteiger partial charge on any atom is 0.115 e. The Hall–Kier alpha value is -4.18. The van der Waals surface area contributed by atoms with E-state index in [1.165, 1.54) is 22.3 Å². The average Bonchev–Trinajstić information content (AvgIpc) is 2.97. The lowest BCUT2D eigenvalue weighted by Crippen LogP contribution is -2.10. The highest BCUT2D eigenvalue weighted by atomic mass is 16.3. The van der Waals surface area contributed by atoms with Crippen LogP contribution in [0.15, 0.2) is 97.1 Å². The minimum atomic E-state index is 0.284. The van der Waals surface area contributed by atoms with Crippen molar-refractivity contribution in [3.8, 4) is 23.0 Å². The molecule has 0 saturated carbocycles. The molecule has 2 unspecified atom stereocenters. The summed E-state index contributed by atoms with van der Waals surface area (Å²) in [5.41, 5.74) is 7.33. The number of benzene rings is 4. The van der Waals surface area contributed by atoms with Crippen LogP contribution in [0.25, 0.3) is 11.1 Å².